The molecule has 4 rings (SSSR count). The maximum atomic E-state index is 12.3. The molecule has 2 aromatic heterocycles. The third kappa shape index (κ3) is 2.43. The van der Waals surface area contributed by atoms with Crippen molar-refractivity contribution in [3.63, 3.8) is 0 Å². The highest BCUT2D eigenvalue weighted by Crippen LogP contribution is 2.47. The first kappa shape index (κ1) is 15.4. The number of rotatable bonds is 3. The van der Waals surface area contributed by atoms with Crippen LogP contribution in [0.1, 0.15) is 54.6 Å². The lowest BCUT2D eigenvalue weighted by molar-refractivity contribution is 0.00906. The summed E-state index contributed by atoms with van der Waals surface area (Å²) in [5, 5.41) is 8.38. The van der Waals surface area contributed by atoms with Crippen LogP contribution in [0, 0.1) is 5.41 Å². The Balaban J connectivity index is 1.43. The predicted octanol–water partition coefficient (Wildman–Crippen LogP) is 2.31. The molecule has 7 nitrogen and oxygen atoms in total. The van der Waals surface area contributed by atoms with Gasteiger partial charge in [-0.25, -0.2) is 0 Å². The number of carbonyl (C=O) groups excluding carboxylic acids is 1. The summed E-state index contributed by atoms with van der Waals surface area (Å²) in [6.07, 6.45) is 2.47. The first-order chi connectivity index (χ1) is 11.5. The number of likely N-dealkylation sites (tertiary alicyclic amines) is 2. The Morgan fingerprint density at radius 2 is 2.12 bits per heavy atom. The van der Waals surface area contributed by atoms with Crippen molar-refractivity contribution >= 4 is 5.91 Å². The maximum absolute atomic E-state index is 12.3. The lowest BCUT2D eigenvalue weighted by Crippen LogP contribution is -2.59. The lowest BCUT2D eigenvalue weighted by atomic mass is 9.77. The fraction of sp³-hybridized carbons (Fsp3) is 0.588. The van der Waals surface area contributed by atoms with Crippen molar-refractivity contribution in [3.8, 4) is 0 Å². The Bertz CT molecular complexity index is 731. The normalized spacial score (nSPS) is 23.2. The minimum atomic E-state index is -0.0309. The van der Waals surface area contributed by atoms with Gasteiger partial charge in [0.25, 0.3) is 5.91 Å². The second kappa shape index (κ2) is 5.44. The molecule has 2 aliphatic rings. The topological polar surface area (TPSA) is 75.6 Å². The molecule has 0 aromatic carbocycles. The molecule has 1 unspecified atom stereocenters. The minimum absolute atomic E-state index is 0.0309. The summed E-state index contributed by atoms with van der Waals surface area (Å²) < 4.78 is 11.0. The number of nitrogens with zero attached hydrogens (tertiary/aromatic N) is 4. The van der Waals surface area contributed by atoms with Gasteiger partial charge in [-0.05, 0) is 25.6 Å². The van der Waals surface area contributed by atoms with Crippen LogP contribution in [-0.4, -0.2) is 52.6 Å². The number of amides is 1. The van der Waals surface area contributed by atoms with Gasteiger partial charge in [0.05, 0.1) is 12.3 Å². The lowest BCUT2D eigenvalue weighted by Gasteiger charge is -2.47. The molecule has 7 heteroatoms. The highest BCUT2D eigenvalue weighted by molar-refractivity contribution is 5.92. The Labute approximate surface area is 140 Å². The summed E-state index contributed by atoms with van der Waals surface area (Å²) in [7, 11) is 2.08. The molecule has 24 heavy (non-hydrogen) atoms. The fourth-order valence-corrected chi connectivity index (χ4v) is 3.85. The van der Waals surface area contributed by atoms with Gasteiger partial charge in [-0.1, -0.05) is 13.8 Å². The van der Waals surface area contributed by atoms with Crippen LogP contribution in [0.25, 0.3) is 0 Å². The summed E-state index contributed by atoms with van der Waals surface area (Å²) >= 11 is 0. The number of hydrogen-bond acceptors (Lipinski definition) is 6. The number of aromatic nitrogens is 2. The van der Waals surface area contributed by atoms with Gasteiger partial charge in [-0.2, -0.15) is 0 Å². The second-order valence-corrected chi connectivity index (χ2v) is 7.41. The van der Waals surface area contributed by atoms with Crippen molar-refractivity contribution in [2.24, 2.45) is 5.41 Å². The van der Waals surface area contributed by atoms with E-state index in [4.69, 9.17) is 8.83 Å². The molecule has 2 saturated heterocycles. The molecular weight excluding hydrogens is 308 g/mol. The standard InChI is InChI=1S/C17H22N4O3/c1-11(2)14-18-19-15(24-14)12-7-17(8-20(12)3)9-21(10-17)16(22)13-5-4-6-23-13/h4-6,11-12H,7-10H2,1-3H3. The van der Waals surface area contributed by atoms with Gasteiger partial charge in [0.2, 0.25) is 11.8 Å². The van der Waals surface area contributed by atoms with E-state index in [0.717, 1.165) is 26.1 Å². The van der Waals surface area contributed by atoms with Crippen LogP contribution in [0.5, 0.6) is 0 Å². The third-order valence-corrected chi connectivity index (χ3v) is 5.05. The molecule has 0 saturated carbocycles. The first-order valence-electron chi connectivity index (χ1n) is 8.34. The third-order valence-electron chi connectivity index (χ3n) is 5.05. The zero-order valence-corrected chi connectivity index (χ0v) is 14.2. The smallest absolute Gasteiger partial charge is 0.289 e. The zero-order chi connectivity index (χ0) is 16.9. The molecule has 0 aliphatic carbocycles. The molecule has 2 aromatic rings. The molecule has 1 amide bonds. The molecule has 2 aliphatic heterocycles. The SMILES string of the molecule is CC(C)c1nnc(C2CC3(CN(C(=O)c4ccco4)C3)CN2C)o1. The van der Waals surface area contributed by atoms with Crippen LogP contribution < -0.4 is 0 Å². The van der Waals surface area contributed by atoms with Gasteiger partial charge in [0.15, 0.2) is 5.76 Å². The van der Waals surface area contributed by atoms with Crippen LogP contribution in [0.3, 0.4) is 0 Å². The van der Waals surface area contributed by atoms with Gasteiger partial charge in [0, 0.05) is 31.0 Å². The zero-order valence-electron chi connectivity index (χ0n) is 14.2. The van der Waals surface area contributed by atoms with Gasteiger partial charge >= 0.3 is 0 Å². The van der Waals surface area contributed by atoms with Crippen molar-refractivity contribution in [1.82, 2.24) is 20.0 Å². The number of hydrogen-bond donors (Lipinski definition) is 0. The number of furan rings is 1. The van der Waals surface area contributed by atoms with E-state index >= 15 is 0 Å². The van der Waals surface area contributed by atoms with Crippen molar-refractivity contribution in [2.45, 2.75) is 32.2 Å². The molecule has 1 spiro atoms. The fourth-order valence-electron chi connectivity index (χ4n) is 3.85. The molecule has 0 radical (unpaired) electrons. The van der Waals surface area contributed by atoms with Crippen LogP contribution in [0.15, 0.2) is 27.2 Å². The molecule has 128 valence electrons. The average molecular weight is 330 g/mol. The largest absolute Gasteiger partial charge is 0.459 e. The van der Waals surface area contributed by atoms with E-state index < -0.39 is 0 Å². The van der Waals surface area contributed by atoms with Gasteiger partial charge in [-0.3, -0.25) is 9.69 Å². The molecule has 2 fully saturated rings. The van der Waals surface area contributed by atoms with E-state index in [9.17, 15) is 4.79 Å². The summed E-state index contributed by atoms with van der Waals surface area (Å²) in [5.41, 5.74) is 0.119. The minimum Gasteiger partial charge on any atom is -0.459 e. The molecule has 4 heterocycles. The van der Waals surface area contributed by atoms with Crippen molar-refractivity contribution < 1.29 is 13.6 Å². The van der Waals surface area contributed by atoms with Crippen LogP contribution in [0.2, 0.25) is 0 Å². The van der Waals surface area contributed by atoms with E-state index in [-0.39, 0.29) is 23.3 Å². The van der Waals surface area contributed by atoms with E-state index in [1.54, 1.807) is 12.1 Å². The van der Waals surface area contributed by atoms with Crippen LogP contribution >= 0.6 is 0 Å². The van der Waals surface area contributed by atoms with Crippen molar-refractivity contribution in [2.75, 3.05) is 26.7 Å². The highest BCUT2D eigenvalue weighted by atomic mass is 16.4. The predicted molar refractivity (Wildman–Crippen MR) is 85.4 cm³/mol. The Kier molecular flexibility index (Phi) is 3.49. The van der Waals surface area contributed by atoms with E-state index in [0.29, 0.717) is 17.5 Å². The Hall–Kier alpha value is -2.15. The van der Waals surface area contributed by atoms with Gasteiger partial charge < -0.3 is 13.7 Å². The molecule has 0 N–H and O–H groups in total. The summed E-state index contributed by atoms with van der Waals surface area (Å²) in [5.74, 6) is 1.98. The highest BCUT2D eigenvalue weighted by Gasteiger charge is 2.53. The average Bonchev–Trinajstić information content (AvgIpc) is 3.23. The van der Waals surface area contributed by atoms with Crippen LogP contribution in [-0.2, 0) is 0 Å². The molecule has 1 atom stereocenters. The second-order valence-electron chi connectivity index (χ2n) is 7.41. The quantitative estimate of drug-likeness (QED) is 0.859. The first-order valence-corrected chi connectivity index (χ1v) is 8.34. The van der Waals surface area contributed by atoms with Gasteiger partial charge in [0.1, 0.15) is 0 Å². The molecular formula is C17H22N4O3. The maximum Gasteiger partial charge on any atom is 0.289 e. The molecule has 0 bridgehead atoms. The van der Waals surface area contributed by atoms with Gasteiger partial charge in [-0.15, -0.1) is 10.2 Å². The summed E-state index contributed by atoms with van der Waals surface area (Å²) in [6, 6.07) is 3.58. The summed E-state index contributed by atoms with van der Waals surface area (Å²) in [4.78, 5) is 16.4. The van der Waals surface area contributed by atoms with Crippen molar-refractivity contribution in [3.05, 3.63) is 35.9 Å². The van der Waals surface area contributed by atoms with E-state index in [1.807, 2.05) is 18.7 Å². The van der Waals surface area contributed by atoms with E-state index in [2.05, 4.69) is 22.1 Å². The van der Waals surface area contributed by atoms with Crippen LogP contribution in [0.4, 0.5) is 0 Å². The van der Waals surface area contributed by atoms with E-state index in [1.165, 1.54) is 6.26 Å². The van der Waals surface area contributed by atoms with Crippen molar-refractivity contribution in [1.29, 1.82) is 0 Å². The number of carbonyl (C=O) groups is 1. The summed E-state index contributed by atoms with van der Waals surface area (Å²) in [6.45, 7) is 6.51. The monoisotopic (exact) mass is 330 g/mol. The Morgan fingerprint density at radius 3 is 2.75 bits per heavy atom. The Morgan fingerprint density at radius 1 is 1.33 bits per heavy atom.